The summed E-state index contributed by atoms with van der Waals surface area (Å²) < 4.78 is 0. The van der Waals surface area contributed by atoms with Crippen molar-refractivity contribution in [2.75, 3.05) is 16.8 Å². The molecule has 0 saturated heterocycles. The minimum Gasteiger partial charge on any atom is -0.360 e. The van der Waals surface area contributed by atoms with Crippen LogP contribution in [0.1, 0.15) is 30.0 Å². The summed E-state index contributed by atoms with van der Waals surface area (Å²) >= 11 is 0. The van der Waals surface area contributed by atoms with Crippen molar-refractivity contribution in [3.63, 3.8) is 0 Å². The predicted molar refractivity (Wildman–Crippen MR) is 105 cm³/mol. The number of carbonyl (C=O) groups excluding carboxylic acids is 1. The summed E-state index contributed by atoms with van der Waals surface area (Å²) in [6.45, 7) is 4.74. The second kappa shape index (κ2) is 7.88. The van der Waals surface area contributed by atoms with Crippen LogP contribution in [0.5, 0.6) is 0 Å². The zero-order valence-corrected chi connectivity index (χ0v) is 15.2. The monoisotopic (exact) mass is 345 g/mol. The molecule has 0 unspecified atom stereocenters. The third kappa shape index (κ3) is 3.48. The highest BCUT2D eigenvalue weighted by atomic mass is 16.2. The quantitative estimate of drug-likeness (QED) is 0.662. The smallest absolute Gasteiger partial charge is 0.270 e. The van der Waals surface area contributed by atoms with Gasteiger partial charge in [0.15, 0.2) is 0 Å². The highest BCUT2D eigenvalue weighted by Crippen LogP contribution is 2.28. The molecule has 0 bridgehead atoms. The Kier molecular flexibility index (Phi) is 5.38. The highest BCUT2D eigenvalue weighted by Gasteiger charge is 2.24. The first-order valence-corrected chi connectivity index (χ1v) is 9.00. The van der Waals surface area contributed by atoms with E-state index in [-0.39, 0.29) is 11.5 Å². The Morgan fingerprint density at radius 2 is 2.08 bits per heavy atom. The maximum absolute atomic E-state index is 12.9. The van der Waals surface area contributed by atoms with Gasteiger partial charge in [0.1, 0.15) is 11.6 Å². The van der Waals surface area contributed by atoms with Gasteiger partial charge in [-0.15, -0.1) is 0 Å². The minimum atomic E-state index is -0.251. The molecule has 0 aromatic heterocycles. The van der Waals surface area contributed by atoms with Crippen molar-refractivity contribution in [1.29, 1.82) is 5.26 Å². The number of amides is 1. The predicted octanol–water partition coefficient (Wildman–Crippen LogP) is 4.36. The van der Waals surface area contributed by atoms with E-state index >= 15 is 0 Å². The number of benzene rings is 2. The fourth-order valence-electron chi connectivity index (χ4n) is 3.41. The summed E-state index contributed by atoms with van der Waals surface area (Å²) in [5.41, 5.74) is 5.41. The van der Waals surface area contributed by atoms with Crippen molar-refractivity contribution < 1.29 is 4.79 Å². The van der Waals surface area contributed by atoms with Crippen molar-refractivity contribution in [2.24, 2.45) is 0 Å². The van der Waals surface area contributed by atoms with Crippen LogP contribution >= 0.6 is 0 Å². The fraction of sp³-hybridized carbons (Fsp3) is 0.273. The van der Waals surface area contributed by atoms with Gasteiger partial charge in [-0.25, -0.2) is 0 Å². The van der Waals surface area contributed by atoms with Crippen LogP contribution in [-0.2, 0) is 17.6 Å². The van der Waals surface area contributed by atoms with E-state index < -0.39 is 0 Å². The van der Waals surface area contributed by atoms with Crippen LogP contribution in [0.2, 0.25) is 0 Å². The lowest BCUT2D eigenvalue weighted by molar-refractivity contribution is -0.114. The molecule has 1 aliphatic heterocycles. The lowest BCUT2D eigenvalue weighted by Crippen LogP contribution is -2.36. The summed E-state index contributed by atoms with van der Waals surface area (Å²) in [7, 11) is 0. The number of rotatable bonds is 4. The maximum atomic E-state index is 12.9. The lowest BCUT2D eigenvalue weighted by atomic mass is 10.0. The maximum Gasteiger partial charge on any atom is 0.270 e. The van der Waals surface area contributed by atoms with E-state index in [9.17, 15) is 10.1 Å². The number of carbonyl (C=O) groups is 1. The van der Waals surface area contributed by atoms with E-state index in [1.54, 1.807) is 11.1 Å². The second-order valence-electron chi connectivity index (χ2n) is 6.47. The SMILES string of the molecule is CCc1cccc(C)c1N/C=C(/C#N)C(=O)N1CCCc2ccccc21. The highest BCUT2D eigenvalue weighted by molar-refractivity contribution is 6.09. The largest absolute Gasteiger partial charge is 0.360 e. The molecule has 0 spiro atoms. The number of aryl methyl sites for hydroxylation is 3. The summed E-state index contributed by atoms with van der Waals surface area (Å²) in [6.07, 6.45) is 4.30. The number of hydrogen-bond donors (Lipinski definition) is 1. The number of anilines is 2. The van der Waals surface area contributed by atoms with Crippen LogP contribution in [0, 0.1) is 18.3 Å². The van der Waals surface area contributed by atoms with Crippen LogP contribution in [-0.4, -0.2) is 12.5 Å². The van der Waals surface area contributed by atoms with Crippen LogP contribution in [0.3, 0.4) is 0 Å². The van der Waals surface area contributed by atoms with E-state index in [2.05, 4.69) is 24.4 Å². The first-order valence-electron chi connectivity index (χ1n) is 9.00. The number of nitriles is 1. The van der Waals surface area contributed by atoms with E-state index in [0.29, 0.717) is 6.54 Å². The number of fused-ring (bicyclic) bond motifs is 1. The van der Waals surface area contributed by atoms with Gasteiger partial charge < -0.3 is 10.2 Å². The van der Waals surface area contributed by atoms with E-state index in [1.807, 2.05) is 43.3 Å². The second-order valence-corrected chi connectivity index (χ2v) is 6.47. The third-order valence-electron chi connectivity index (χ3n) is 4.81. The molecule has 26 heavy (non-hydrogen) atoms. The van der Waals surface area contributed by atoms with Crippen molar-refractivity contribution in [3.05, 3.63) is 70.9 Å². The Hall–Kier alpha value is -3.06. The van der Waals surface area contributed by atoms with Gasteiger partial charge in [0, 0.05) is 24.1 Å². The minimum absolute atomic E-state index is 0.118. The Morgan fingerprint density at radius 1 is 1.27 bits per heavy atom. The van der Waals surface area contributed by atoms with Crippen molar-refractivity contribution in [2.45, 2.75) is 33.1 Å². The molecule has 3 rings (SSSR count). The van der Waals surface area contributed by atoms with Crippen molar-refractivity contribution in [3.8, 4) is 6.07 Å². The third-order valence-corrected chi connectivity index (χ3v) is 4.81. The number of para-hydroxylation sites is 2. The van der Waals surface area contributed by atoms with Gasteiger partial charge in [0.25, 0.3) is 5.91 Å². The summed E-state index contributed by atoms with van der Waals surface area (Å²) in [4.78, 5) is 14.7. The molecule has 0 radical (unpaired) electrons. The molecule has 4 nitrogen and oxygen atoms in total. The standard InChI is InChI=1S/C22H23N3O/c1-3-17-10-6-8-16(2)21(17)24-15-19(14-23)22(26)25-13-7-11-18-9-4-5-12-20(18)25/h4-6,8-10,12,15,24H,3,7,11,13H2,1-2H3/b19-15-. The molecule has 1 heterocycles. The zero-order valence-electron chi connectivity index (χ0n) is 15.2. The molecule has 1 aliphatic rings. The van der Waals surface area contributed by atoms with E-state index in [0.717, 1.165) is 47.3 Å². The number of hydrogen-bond acceptors (Lipinski definition) is 3. The molecule has 4 heteroatoms. The molecule has 0 fully saturated rings. The van der Waals surface area contributed by atoms with Gasteiger partial charge in [-0.2, -0.15) is 5.26 Å². The van der Waals surface area contributed by atoms with Gasteiger partial charge in [0.2, 0.25) is 0 Å². The van der Waals surface area contributed by atoms with Gasteiger partial charge in [-0.1, -0.05) is 43.3 Å². The molecule has 2 aromatic carbocycles. The first-order chi connectivity index (χ1) is 12.7. The van der Waals surface area contributed by atoms with Crippen LogP contribution in [0.25, 0.3) is 0 Å². The van der Waals surface area contributed by atoms with Crippen molar-refractivity contribution >= 4 is 17.3 Å². The molecule has 0 atom stereocenters. The van der Waals surface area contributed by atoms with E-state index in [4.69, 9.17) is 0 Å². The molecular formula is C22H23N3O. The summed E-state index contributed by atoms with van der Waals surface area (Å²) in [5.74, 6) is -0.251. The van der Waals surface area contributed by atoms with Gasteiger partial charge >= 0.3 is 0 Å². The van der Waals surface area contributed by atoms with Gasteiger partial charge in [0.05, 0.1) is 0 Å². The zero-order chi connectivity index (χ0) is 18.5. The van der Waals surface area contributed by atoms with Crippen LogP contribution in [0.4, 0.5) is 11.4 Å². The normalized spacial score (nSPS) is 13.7. The molecule has 0 aliphatic carbocycles. The summed E-state index contributed by atoms with van der Waals surface area (Å²) in [6, 6.07) is 16.1. The topological polar surface area (TPSA) is 56.1 Å². The number of nitrogens with one attached hydrogen (secondary N) is 1. The molecule has 0 saturated carbocycles. The summed E-state index contributed by atoms with van der Waals surface area (Å²) in [5, 5.41) is 12.7. The van der Waals surface area contributed by atoms with Crippen molar-refractivity contribution in [1.82, 2.24) is 0 Å². The molecule has 132 valence electrons. The van der Waals surface area contributed by atoms with Gasteiger partial charge in [-0.3, -0.25) is 4.79 Å². The Balaban J connectivity index is 1.87. The van der Waals surface area contributed by atoms with Crippen LogP contribution in [0.15, 0.2) is 54.2 Å². The Bertz CT molecular complexity index is 893. The molecule has 1 N–H and O–H groups in total. The van der Waals surface area contributed by atoms with Gasteiger partial charge in [-0.05, 0) is 48.9 Å². The molecule has 2 aromatic rings. The average molecular weight is 345 g/mol. The van der Waals surface area contributed by atoms with E-state index in [1.165, 1.54) is 0 Å². The molecular weight excluding hydrogens is 322 g/mol. The van der Waals surface area contributed by atoms with Crippen LogP contribution < -0.4 is 10.2 Å². The number of nitrogens with zero attached hydrogens (tertiary/aromatic N) is 2. The average Bonchev–Trinajstić information content (AvgIpc) is 2.68. The molecule has 1 amide bonds. The first kappa shape index (κ1) is 17.8. The Labute approximate surface area is 154 Å². The lowest BCUT2D eigenvalue weighted by Gasteiger charge is -2.29. The fourth-order valence-corrected chi connectivity index (χ4v) is 3.41. The Morgan fingerprint density at radius 3 is 2.85 bits per heavy atom.